The van der Waals surface area contributed by atoms with Gasteiger partial charge in [0.25, 0.3) is 0 Å². The number of halogens is 1. The number of imidazole rings is 2. The Morgan fingerprint density at radius 2 is 1.27 bits per heavy atom. The third-order valence-electron chi connectivity index (χ3n) is 12.9. The van der Waals surface area contributed by atoms with Crippen LogP contribution in [0.3, 0.4) is 0 Å². The van der Waals surface area contributed by atoms with Gasteiger partial charge in [-0.05, 0) is 83.4 Å². The van der Waals surface area contributed by atoms with Gasteiger partial charge in [0, 0.05) is 23.2 Å². The third-order valence-corrected chi connectivity index (χ3v) is 13.1. The van der Waals surface area contributed by atoms with Crippen molar-refractivity contribution < 1.29 is 29.0 Å². The van der Waals surface area contributed by atoms with Gasteiger partial charge in [0.1, 0.15) is 34.6 Å². The van der Waals surface area contributed by atoms with Crippen LogP contribution in [0.5, 0.6) is 0 Å². The maximum atomic E-state index is 13.8. The number of hydrogen-bond donors (Lipinski definition) is 5. The zero-order valence-electron chi connectivity index (χ0n) is 34.1. The first-order valence-corrected chi connectivity index (χ1v) is 21.1. The first-order valence-electron chi connectivity index (χ1n) is 20.7. The fourth-order valence-electron chi connectivity index (χ4n) is 9.49. The number of rotatable bonds is 11. The molecule has 0 bridgehead atoms. The zero-order chi connectivity index (χ0) is 42.1. The Morgan fingerprint density at radius 3 is 1.85 bits per heavy atom. The number of ether oxygens (including phenoxy) is 1. The van der Waals surface area contributed by atoms with Gasteiger partial charge in [-0.15, -0.1) is 0 Å². The predicted molar refractivity (Wildman–Crippen MR) is 226 cm³/mol. The average molecular weight is 833 g/mol. The fourth-order valence-corrected chi connectivity index (χ4v) is 9.73. The Morgan fingerprint density at radius 1 is 0.733 bits per heavy atom. The lowest BCUT2D eigenvalue weighted by atomic mass is 9.98. The van der Waals surface area contributed by atoms with Crippen molar-refractivity contribution in [2.75, 3.05) is 7.11 Å². The smallest absolute Gasteiger partial charge is 0.407 e. The van der Waals surface area contributed by atoms with E-state index in [1.54, 1.807) is 0 Å². The lowest BCUT2D eigenvalue weighted by molar-refractivity contribution is -0.137. The highest BCUT2D eigenvalue weighted by Crippen LogP contribution is 2.55. The standard InChI is InChI=1S/C45H49ClN8O6/c1-21(2)36(50-44(57)58)42(55)53-32-16-29(32)18-34(53)40-47-20-31(48-40)28-13-12-26-14-25(10-11-27(26)15-28)23-6-8-24(9-7-23)38-39(46)52-41(49-38)35-19-30-17-33(30)54(35)43(56)37(22(3)4)51-45(59)60-5/h6-15,20-22,29-30,32-37,50H,16-19H2,1-5H3,(H,47,48)(H,49,52)(H,51,59)(H,57,58)/t29-,30-,32-,33-,34+,35+,36+,37+/m1/s1. The van der Waals surface area contributed by atoms with Crippen LogP contribution in [0.4, 0.5) is 9.59 Å². The second kappa shape index (κ2) is 15.3. The largest absolute Gasteiger partial charge is 0.465 e. The summed E-state index contributed by atoms with van der Waals surface area (Å²) in [6.45, 7) is 7.51. The molecule has 4 fully saturated rings. The molecule has 4 heterocycles. The molecule has 4 amide bonds. The van der Waals surface area contributed by atoms with E-state index < -0.39 is 24.3 Å². The topological polar surface area (TPSA) is 186 Å². The molecular formula is C45H49ClN8O6. The Labute approximate surface area is 352 Å². The molecule has 60 heavy (non-hydrogen) atoms. The number of aromatic amines is 2. The number of methoxy groups -OCH3 is 1. The minimum absolute atomic E-state index is 0.119. The summed E-state index contributed by atoms with van der Waals surface area (Å²) in [6.07, 6.45) is 3.44. The first kappa shape index (κ1) is 39.6. The van der Waals surface area contributed by atoms with E-state index in [-0.39, 0.29) is 47.8 Å². The van der Waals surface area contributed by atoms with Crippen LogP contribution in [0.1, 0.15) is 77.1 Å². The quantitative estimate of drug-likeness (QED) is 0.0888. The van der Waals surface area contributed by atoms with Crippen molar-refractivity contribution in [1.29, 1.82) is 0 Å². The van der Waals surface area contributed by atoms with E-state index in [9.17, 15) is 24.3 Å². The van der Waals surface area contributed by atoms with E-state index in [0.29, 0.717) is 34.3 Å². The minimum Gasteiger partial charge on any atom is -0.465 e. The van der Waals surface area contributed by atoms with Gasteiger partial charge in [0.15, 0.2) is 0 Å². The number of likely N-dealkylation sites (tertiary alicyclic amines) is 2. The molecule has 9 rings (SSSR count). The molecule has 4 aliphatic rings. The van der Waals surface area contributed by atoms with Crippen LogP contribution in [-0.4, -0.2) is 90.1 Å². The molecule has 15 heteroatoms. The molecule has 5 N–H and O–H groups in total. The monoisotopic (exact) mass is 832 g/mol. The molecule has 2 aliphatic carbocycles. The lowest BCUT2D eigenvalue weighted by Crippen LogP contribution is -2.52. The Hall–Kier alpha value is -5.89. The van der Waals surface area contributed by atoms with Gasteiger partial charge in [-0.25, -0.2) is 19.6 Å². The molecule has 2 saturated carbocycles. The molecule has 2 aliphatic heterocycles. The number of carbonyl (C=O) groups excluding carboxylic acids is 3. The number of fused-ring (bicyclic) bond motifs is 3. The highest BCUT2D eigenvalue weighted by atomic mass is 35.5. The second-order valence-corrected chi connectivity index (χ2v) is 17.8. The number of H-pyrrole nitrogens is 2. The van der Waals surface area contributed by atoms with Gasteiger partial charge >= 0.3 is 12.2 Å². The van der Waals surface area contributed by atoms with E-state index in [4.69, 9.17) is 26.3 Å². The summed E-state index contributed by atoms with van der Waals surface area (Å²) in [5, 5.41) is 17.1. The number of hydrogen-bond acceptors (Lipinski definition) is 7. The van der Waals surface area contributed by atoms with Gasteiger partial charge in [-0.2, -0.15) is 0 Å². The summed E-state index contributed by atoms with van der Waals surface area (Å²) in [6, 6.07) is 19.0. The van der Waals surface area contributed by atoms with E-state index in [0.717, 1.165) is 64.4 Å². The van der Waals surface area contributed by atoms with E-state index in [1.165, 1.54) is 7.11 Å². The normalized spacial score (nSPS) is 23.7. The molecule has 5 aromatic rings. The van der Waals surface area contributed by atoms with Crippen molar-refractivity contribution in [2.45, 2.75) is 89.6 Å². The van der Waals surface area contributed by atoms with Gasteiger partial charge < -0.3 is 40.2 Å². The summed E-state index contributed by atoms with van der Waals surface area (Å²) in [7, 11) is 1.29. The van der Waals surface area contributed by atoms with Crippen LogP contribution in [0.25, 0.3) is 44.4 Å². The summed E-state index contributed by atoms with van der Waals surface area (Å²) in [5.74, 6) is 1.51. The molecule has 0 radical (unpaired) electrons. The first-order chi connectivity index (χ1) is 28.8. The van der Waals surface area contributed by atoms with Crippen molar-refractivity contribution >= 4 is 46.4 Å². The molecule has 312 valence electrons. The Balaban J connectivity index is 0.896. The number of nitrogens with zero attached hydrogens (tertiary/aromatic N) is 4. The maximum absolute atomic E-state index is 13.8. The van der Waals surface area contributed by atoms with Gasteiger partial charge in [-0.3, -0.25) is 9.59 Å². The molecule has 8 atom stereocenters. The minimum atomic E-state index is -1.20. The van der Waals surface area contributed by atoms with Crippen molar-refractivity contribution in [3.8, 4) is 33.6 Å². The maximum Gasteiger partial charge on any atom is 0.407 e. The summed E-state index contributed by atoms with van der Waals surface area (Å²) >= 11 is 6.77. The van der Waals surface area contributed by atoms with Crippen molar-refractivity contribution in [3.63, 3.8) is 0 Å². The van der Waals surface area contributed by atoms with Crippen LogP contribution in [0, 0.1) is 23.7 Å². The highest BCUT2D eigenvalue weighted by molar-refractivity contribution is 6.32. The molecule has 0 unspecified atom stereocenters. The number of benzene rings is 3. The highest BCUT2D eigenvalue weighted by Gasteiger charge is 2.57. The van der Waals surface area contributed by atoms with Crippen molar-refractivity contribution in [2.24, 2.45) is 23.7 Å². The van der Waals surface area contributed by atoms with E-state index in [1.807, 2.05) is 55.8 Å². The number of aromatic nitrogens is 4. The molecular weight excluding hydrogens is 784 g/mol. The third kappa shape index (κ3) is 7.24. The van der Waals surface area contributed by atoms with Crippen LogP contribution in [0.2, 0.25) is 5.15 Å². The Kier molecular flexibility index (Phi) is 10.1. The number of carboxylic acid groups (broad SMARTS) is 1. The van der Waals surface area contributed by atoms with Crippen LogP contribution in [0.15, 0.2) is 66.9 Å². The molecule has 2 saturated heterocycles. The molecule has 0 spiro atoms. The van der Waals surface area contributed by atoms with Crippen LogP contribution in [-0.2, 0) is 14.3 Å². The molecule has 3 aromatic carbocycles. The number of piperidine rings is 2. The fraction of sp³-hybridized carbons (Fsp3) is 0.422. The zero-order valence-corrected chi connectivity index (χ0v) is 34.9. The van der Waals surface area contributed by atoms with Crippen molar-refractivity contribution in [1.82, 2.24) is 40.4 Å². The second-order valence-electron chi connectivity index (χ2n) is 17.5. The van der Waals surface area contributed by atoms with Crippen LogP contribution < -0.4 is 10.6 Å². The van der Waals surface area contributed by atoms with Crippen LogP contribution >= 0.6 is 11.6 Å². The summed E-state index contributed by atoms with van der Waals surface area (Å²) < 4.78 is 4.80. The van der Waals surface area contributed by atoms with Gasteiger partial charge in [0.2, 0.25) is 11.8 Å². The molecule has 14 nitrogen and oxygen atoms in total. The SMILES string of the molecule is COC(=O)N[C@H](C(=O)N1[C@@H]2C[C@@H]2C[C@H]1c1nc(-c2ccc(-c3ccc4cc(-c5cnc([C@@H]6C[C@H]7C[C@H]7N6C(=O)[C@@H](NC(=O)O)C(C)C)[nH]5)ccc4c3)cc2)c(Cl)[nH]1)C(C)C. The number of amides is 4. The summed E-state index contributed by atoms with van der Waals surface area (Å²) in [5.41, 5.74) is 5.38. The predicted octanol–water partition coefficient (Wildman–Crippen LogP) is 7.94. The van der Waals surface area contributed by atoms with E-state index >= 15 is 0 Å². The molecule has 2 aromatic heterocycles. The van der Waals surface area contributed by atoms with Gasteiger partial charge in [0.05, 0.1) is 31.1 Å². The number of alkyl carbamates (subject to hydrolysis) is 1. The van der Waals surface area contributed by atoms with Crippen molar-refractivity contribution in [3.05, 3.63) is 83.7 Å². The number of nitrogens with one attached hydrogen (secondary N) is 4. The van der Waals surface area contributed by atoms with E-state index in [2.05, 4.69) is 69.1 Å². The summed E-state index contributed by atoms with van der Waals surface area (Å²) in [4.78, 5) is 71.2. The Bertz CT molecular complexity index is 2500. The van der Waals surface area contributed by atoms with Gasteiger partial charge in [-0.1, -0.05) is 87.8 Å². The lowest BCUT2D eigenvalue weighted by Gasteiger charge is -2.31. The average Bonchev–Trinajstić information content (AvgIpc) is 3.88. The number of carbonyl (C=O) groups is 4.